The Labute approximate surface area is 83.4 Å². The van der Waals surface area contributed by atoms with Gasteiger partial charge in [0.15, 0.2) is 0 Å². The molecule has 1 aromatic carbocycles. The third-order valence-electron chi connectivity index (χ3n) is 1.29. The summed E-state index contributed by atoms with van der Waals surface area (Å²) in [6.07, 6.45) is 5.33. The molecule has 0 saturated heterocycles. The minimum absolute atomic E-state index is 0.250. The Hall–Kier alpha value is -1.64. The van der Waals surface area contributed by atoms with Gasteiger partial charge in [-0.3, -0.25) is 9.59 Å². The van der Waals surface area contributed by atoms with Gasteiger partial charge in [-0.2, -0.15) is 0 Å². The van der Waals surface area contributed by atoms with Gasteiger partial charge in [0.05, 0.1) is 0 Å². The minimum atomic E-state index is -0.250. The molecule has 3 heteroatoms. The fourth-order valence-corrected chi connectivity index (χ4v) is 0.532. The molecule has 1 N–H and O–H groups in total. The number of rotatable bonds is 1. The lowest BCUT2D eigenvalue weighted by Gasteiger charge is -1.81. The van der Waals surface area contributed by atoms with Crippen molar-refractivity contribution in [2.45, 2.75) is 19.3 Å². The number of hydrogen-bond donors (Lipinski definition) is 1. The molecular formula is C11H14O3. The summed E-state index contributed by atoms with van der Waals surface area (Å²) in [4.78, 5) is 18.4. The van der Waals surface area contributed by atoms with Gasteiger partial charge in [-0.05, 0) is 0 Å². The highest BCUT2D eigenvalue weighted by molar-refractivity contribution is 5.74. The van der Waals surface area contributed by atoms with Crippen LogP contribution in [0.5, 0.6) is 0 Å². The van der Waals surface area contributed by atoms with Crippen LogP contribution in [0, 0.1) is 0 Å². The Morgan fingerprint density at radius 1 is 1.00 bits per heavy atom. The van der Waals surface area contributed by atoms with E-state index in [1.165, 1.54) is 19.3 Å². The molecule has 0 heterocycles. The van der Waals surface area contributed by atoms with E-state index in [9.17, 15) is 4.79 Å². The first-order valence-electron chi connectivity index (χ1n) is 4.43. The largest absolute Gasteiger partial charge is 0.483 e. The Balaban J connectivity index is 0.000000232. The molecule has 76 valence electrons. The van der Waals surface area contributed by atoms with Gasteiger partial charge >= 0.3 is 0 Å². The van der Waals surface area contributed by atoms with Gasteiger partial charge in [0.25, 0.3) is 6.47 Å². The average Bonchev–Trinajstić information content (AvgIpc) is 3.07. The van der Waals surface area contributed by atoms with Gasteiger partial charge in [0.1, 0.15) is 6.29 Å². The van der Waals surface area contributed by atoms with Crippen molar-refractivity contribution >= 4 is 12.8 Å². The summed E-state index contributed by atoms with van der Waals surface area (Å²) < 4.78 is 0. The normalized spacial score (nSPS) is 10.9. The second-order valence-electron chi connectivity index (χ2n) is 2.69. The molecule has 1 aliphatic rings. The molecule has 14 heavy (non-hydrogen) atoms. The average molecular weight is 194 g/mol. The van der Waals surface area contributed by atoms with Crippen LogP contribution in [0.3, 0.4) is 0 Å². The molecule has 1 aliphatic carbocycles. The maximum Gasteiger partial charge on any atom is 0.290 e. The monoisotopic (exact) mass is 194 g/mol. The van der Waals surface area contributed by atoms with Crippen molar-refractivity contribution in [2.24, 2.45) is 0 Å². The number of aldehydes is 1. The van der Waals surface area contributed by atoms with E-state index in [2.05, 4.69) is 0 Å². The topological polar surface area (TPSA) is 54.4 Å². The quantitative estimate of drug-likeness (QED) is 0.698. The summed E-state index contributed by atoms with van der Waals surface area (Å²) in [5, 5.41) is 6.89. The molecule has 0 unspecified atom stereocenters. The van der Waals surface area contributed by atoms with E-state index in [1.54, 1.807) is 12.1 Å². The van der Waals surface area contributed by atoms with Gasteiger partial charge in [0.2, 0.25) is 0 Å². The molecule has 0 amide bonds. The maximum atomic E-state index is 10.0. The first-order valence-corrected chi connectivity index (χ1v) is 4.43. The van der Waals surface area contributed by atoms with Crippen molar-refractivity contribution in [2.75, 3.05) is 0 Å². The van der Waals surface area contributed by atoms with Gasteiger partial charge in [0, 0.05) is 5.56 Å². The van der Waals surface area contributed by atoms with Crippen molar-refractivity contribution in [3.05, 3.63) is 35.9 Å². The van der Waals surface area contributed by atoms with Crippen LogP contribution in [0.2, 0.25) is 0 Å². The van der Waals surface area contributed by atoms with E-state index >= 15 is 0 Å². The summed E-state index contributed by atoms with van der Waals surface area (Å²) in [6.45, 7) is -0.250. The number of hydrogen-bond acceptors (Lipinski definition) is 2. The van der Waals surface area contributed by atoms with Crippen LogP contribution in [0.25, 0.3) is 0 Å². The van der Waals surface area contributed by atoms with Gasteiger partial charge in [-0.15, -0.1) is 0 Å². The predicted octanol–water partition coefficient (Wildman–Crippen LogP) is 2.37. The fourth-order valence-electron chi connectivity index (χ4n) is 0.532. The third-order valence-corrected chi connectivity index (χ3v) is 1.29. The lowest BCUT2D eigenvalue weighted by atomic mass is 10.2. The van der Waals surface area contributed by atoms with Crippen molar-refractivity contribution in [3.8, 4) is 0 Å². The van der Waals surface area contributed by atoms with E-state index < -0.39 is 0 Å². The molecule has 0 aliphatic heterocycles. The minimum Gasteiger partial charge on any atom is -0.483 e. The zero-order chi connectivity index (χ0) is 10.6. The Bertz CT molecular complexity index is 239. The van der Waals surface area contributed by atoms with E-state index in [-0.39, 0.29) is 6.47 Å². The van der Waals surface area contributed by atoms with Crippen molar-refractivity contribution in [1.82, 2.24) is 0 Å². The van der Waals surface area contributed by atoms with Crippen LogP contribution in [0.15, 0.2) is 30.3 Å². The van der Waals surface area contributed by atoms with E-state index in [0.717, 1.165) is 11.8 Å². The van der Waals surface area contributed by atoms with Crippen molar-refractivity contribution in [1.29, 1.82) is 0 Å². The summed E-state index contributed by atoms with van der Waals surface area (Å²) in [6, 6.07) is 9.10. The van der Waals surface area contributed by atoms with Gasteiger partial charge in [-0.25, -0.2) is 0 Å². The molecule has 0 spiro atoms. The predicted molar refractivity (Wildman–Crippen MR) is 54.4 cm³/mol. The number of carbonyl (C=O) groups excluding carboxylic acids is 1. The highest BCUT2D eigenvalue weighted by Gasteiger charge is 1.95. The summed E-state index contributed by atoms with van der Waals surface area (Å²) in [5.41, 5.74) is 0.729. The van der Waals surface area contributed by atoms with Crippen molar-refractivity contribution < 1.29 is 14.7 Å². The molecule has 0 aromatic heterocycles. The van der Waals surface area contributed by atoms with Crippen LogP contribution >= 0.6 is 0 Å². The highest BCUT2D eigenvalue weighted by atomic mass is 16.3. The van der Waals surface area contributed by atoms with Gasteiger partial charge < -0.3 is 5.11 Å². The third kappa shape index (κ3) is 10.4. The Morgan fingerprint density at radius 3 is 1.64 bits per heavy atom. The van der Waals surface area contributed by atoms with Crippen LogP contribution in [0.1, 0.15) is 29.6 Å². The molecule has 1 fully saturated rings. The summed E-state index contributed by atoms with van der Waals surface area (Å²) in [7, 11) is 0. The van der Waals surface area contributed by atoms with Crippen LogP contribution in [-0.2, 0) is 4.79 Å². The van der Waals surface area contributed by atoms with Crippen LogP contribution in [0.4, 0.5) is 0 Å². The molecule has 2 rings (SSSR count). The summed E-state index contributed by atoms with van der Waals surface area (Å²) in [5.74, 6) is 0. The maximum absolute atomic E-state index is 10.0. The van der Waals surface area contributed by atoms with Crippen LogP contribution < -0.4 is 0 Å². The Kier molecular flexibility index (Phi) is 8.34. The standard InChI is InChI=1S/C7H6O.C3H6.CH2O2/c8-6-7-4-2-1-3-5-7;1-2-3-1;2-1-3/h1-6H;1-3H2;1H,(H,2,3). The molecule has 0 atom stereocenters. The molecule has 1 saturated carbocycles. The second-order valence-corrected chi connectivity index (χ2v) is 2.69. The SMILES string of the molecule is C1CC1.O=CO.O=Cc1ccccc1. The molecule has 1 aromatic rings. The molecule has 0 bridgehead atoms. The molecule has 3 nitrogen and oxygen atoms in total. The van der Waals surface area contributed by atoms with Gasteiger partial charge in [-0.1, -0.05) is 49.6 Å². The molecular weight excluding hydrogens is 180 g/mol. The number of carbonyl (C=O) groups is 2. The summed E-state index contributed by atoms with van der Waals surface area (Å²) >= 11 is 0. The number of carboxylic acid groups (broad SMARTS) is 1. The lowest BCUT2D eigenvalue weighted by molar-refractivity contribution is -0.122. The zero-order valence-electron chi connectivity index (χ0n) is 7.93. The first-order chi connectivity index (χ1) is 6.85. The smallest absolute Gasteiger partial charge is 0.290 e. The number of benzene rings is 1. The Morgan fingerprint density at radius 2 is 1.43 bits per heavy atom. The molecule has 0 radical (unpaired) electrons. The van der Waals surface area contributed by atoms with E-state index in [0.29, 0.717) is 0 Å². The zero-order valence-corrected chi connectivity index (χ0v) is 7.93. The lowest BCUT2D eigenvalue weighted by Crippen LogP contribution is -1.73. The highest BCUT2D eigenvalue weighted by Crippen LogP contribution is 2.14. The van der Waals surface area contributed by atoms with Crippen molar-refractivity contribution in [3.63, 3.8) is 0 Å². The first kappa shape index (κ1) is 12.4. The second kappa shape index (κ2) is 9.45. The van der Waals surface area contributed by atoms with E-state index in [1.807, 2.05) is 18.2 Å². The van der Waals surface area contributed by atoms with E-state index in [4.69, 9.17) is 9.90 Å². The van der Waals surface area contributed by atoms with Crippen LogP contribution in [-0.4, -0.2) is 17.9 Å². The fraction of sp³-hybridized carbons (Fsp3) is 0.273.